The van der Waals surface area contributed by atoms with Crippen LogP contribution in [0, 0.1) is 0 Å². The van der Waals surface area contributed by atoms with Crippen LogP contribution in [0.4, 0.5) is 10.2 Å². The molecule has 1 heterocycles. The van der Waals surface area contributed by atoms with Gasteiger partial charge in [0.05, 0.1) is 0 Å². The summed E-state index contributed by atoms with van der Waals surface area (Å²) in [6.45, 7) is 1.22. The maximum Gasteiger partial charge on any atom is 0.351 e. The van der Waals surface area contributed by atoms with Gasteiger partial charge in [-0.3, -0.25) is 4.57 Å². The summed E-state index contributed by atoms with van der Waals surface area (Å²) < 4.78 is 19.8. The Hall–Kier alpha value is -2.46. The first-order valence-corrected chi connectivity index (χ1v) is 5.52. The summed E-state index contributed by atoms with van der Waals surface area (Å²) in [6, 6.07) is 1.28. The SMILES string of the molecule is C=C(N=[N+]=[N-])[C@H](O)[C@@](F)(CO)OCn1ccc(N)nc1=O. The molecule has 1 aromatic heterocycles. The van der Waals surface area contributed by atoms with Crippen LogP contribution in [-0.2, 0) is 11.5 Å². The van der Waals surface area contributed by atoms with Crippen molar-refractivity contribution in [2.24, 2.45) is 5.11 Å². The van der Waals surface area contributed by atoms with Gasteiger partial charge < -0.3 is 20.7 Å². The van der Waals surface area contributed by atoms with Crippen molar-refractivity contribution in [3.05, 3.63) is 45.5 Å². The van der Waals surface area contributed by atoms with E-state index >= 15 is 0 Å². The molecule has 0 saturated heterocycles. The number of nitrogens with zero attached hydrogens (tertiary/aromatic N) is 5. The first kappa shape index (κ1) is 16.6. The van der Waals surface area contributed by atoms with Crippen molar-refractivity contribution in [2.45, 2.75) is 18.7 Å². The third-order valence-corrected chi connectivity index (χ3v) is 2.45. The van der Waals surface area contributed by atoms with Crippen LogP contribution >= 0.6 is 0 Å². The fourth-order valence-electron chi connectivity index (χ4n) is 1.29. The van der Waals surface area contributed by atoms with Crippen molar-refractivity contribution in [3.63, 3.8) is 0 Å². The molecule has 21 heavy (non-hydrogen) atoms. The van der Waals surface area contributed by atoms with Crippen LogP contribution in [0.1, 0.15) is 0 Å². The molecule has 0 radical (unpaired) electrons. The number of hydrogen-bond donors (Lipinski definition) is 3. The molecule has 0 unspecified atom stereocenters. The van der Waals surface area contributed by atoms with Crippen LogP contribution in [0.3, 0.4) is 0 Å². The van der Waals surface area contributed by atoms with Crippen molar-refractivity contribution >= 4 is 5.82 Å². The van der Waals surface area contributed by atoms with Crippen LogP contribution in [0.5, 0.6) is 0 Å². The number of aromatic nitrogens is 2. The van der Waals surface area contributed by atoms with Gasteiger partial charge in [-0.1, -0.05) is 11.7 Å². The molecular formula is C10H13FN6O4. The van der Waals surface area contributed by atoms with Gasteiger partial charge in [0, 0.05) is 16.8 Å². The number of ether oxygens (including phenoxy) is 1. The third kappa shape index (κ3) is 4.00. The minimum Gasteiger partial charge on any atom is -0.390 e. The Morgan fingerprint density at radius 3 is 3.00 bits per heavy atom. The summed E-state index contributed by atoms with van der Waals surface area (Å²) in [4.78, 5) is 17.1. The highest BCUT2D eigenvalue weighted by Crippen LogP contribution is 2.24. The van der Waals surface area contributed by atoms with Crippen LogP contribution in [0.25, 0.3) is 10.4 Å². The van der Waals surface area contributed by atoms with Crippen LogP contribution < -0.4 is 11.4 Å². The highest BCUT2D eigenvalue weighted by molar-refractivity contribution is 5.23. The molecule has 0 aliphatic heterocycles. The molecule has 0 aromatic carbocycles. The molecule has 2 atom stereocenters. The van der Waals surface area contributed by atoms with E-state index in [1.54, 1.807) is 0 Å². The summed E-state index contributed by atoms with van der Waals surface area (Å²) in [5, 5.41) is 21.5. The van der Waals surface area contributed by atoms with Crippen molar-refractivity contribution in [1.29, 1.82) is 0 Å². The molecule has 0 aliphatic rings. The predicted molar refractivity (Wildman–Crippen MR) is 69.2 cm³/mol. The molecular weight excluding hydrogens is 287 g/mol. The smallest absolute Gasteiger partial charge is 0.351 e. The van der Waals surface area contributed by atoms with Gasteiger partial charge in [-0.25, -0.2) is 9.18 Å². The molecule has 0 aliphatic carbocycles. The van der Waals surface area contributed by atoms with E-state index in [9.17, 15) is 14.3 Å². The molecule has 0 fully saturated rings. The average molecular weight is 300 g/mol. The topological polar surface area (TPSA) is 159 Å². The van der Waals surface area contributed by atoms with Crippen molar-refractivity contribution in [1.82, 2.24) is 9.55 Å². The molecule has 10 nitrogen and oxygen atoms in total. The lowest BCUT2D eigenvalue weighted by atomic mass is 10.1. The molecule has 4 N–H and O–H groups in total. The minimum absolute atomic E-state index is 0.0262. The first-order valence-electron chi connectivity index (χ1n) is 5.52. The second-order valence-electron chi connectivity index (χ2n) is 3.91. The Morgan fingerprint density at radius 1 is 1.81 bits per heavy atom. The van der Waals surface area contributed by atoms with Crippen molar-refractivity contribution < 1.29 is 19.3 Å². The van der Waals surface area contributed by atoms with Crippen molar-refractivity contribution in [2.75, 3.05) is 12.3 Å². The Morgan fingerprint density at radius 2 is 2.48 bits per heavy atom. The van der Waals surface area contributed by atoms with E-state index in [0.717, 1.165) is 4.57 Å². The molecule has 0 saturated carbocycles. The Balaban J connectivity index is 2.88. The van der Waals surface area contributed by atoms with E-state index in [4.69, 9.17) is 16.4 Å². The van der Waals surface area contributed by atoms with Crippen LogP contribution in [0.15, 0.2) is 34.4 Å². The summed E-state index contributed by atoms with van der Waals surface area (Å²) in [5.41, 5.74) is 12.1. The third-order valence-electron chi connectivity index (χ3n) is 2.45. The van der Waals surface area contributed by atoms with Gasteiger partial charge in [-0.15, -0.1) is 0 Å². The maximum absolute atomic E-state index is 14.3. The van der Waals surface area contributed by atoms with Gasteiger partial charge in [0.25, 0.3) is 5.85 Å². The molecule has 0 spiro atoms. The quantitative estimate of drug-likeness (QED) is 0.354. The number of aliphatic hydroxyl groups excluding tert-OH is 2. The largest absolute Gasteiger partial charge is 0.390 e. The number of rotatable bonds is 7. The Kier molecular flexibility index (Phi) is 5.38. The number of anilines is 1. The van der Waals surface area contributed by atoms with E-state index in [0.29, 0.717) is 0 Å². The maximum atomic E-state index is 14.3. The highest BCUT2D eigenvalue weighted by atomic mass is 19.2. The van der Waals surface area contributed by atoms with Crippen molar-refractivity contribution in [3.8, 4) is 0 Å². The van der Waals surface area contributed by atoms with Crippen LogP contribution in [0.2, 0.25) is 0 Å². The fourth-order valence-corrected chi connectivity index (χ4v) is 1.29. The summed E-state index contributed by atoms with van der Waals surface area (Å²) >= 11 is 0. The van der Waals surface area contributed by atoms with Gasteiger partial charge in [-0.05, 0) is 11.6 Å². The zero-order valence-corrected chi connectivity index (χ0v) is 10.8. The Bertz CT molecular complexity index is 628. The lowest BCUT2D eigenvalue weighted by Crippen LogP contribution is -2.45. The van der Waals surface area contributed by atoms with Gasteiger partial charge in [0.1, 0.15) is 25.3 Å². The van der Waals surface area contributed by atoms with E-state index in [-0.39, 0.29) is 5.82 Å². The van der Waals surface area contributed by atoms with Gasteiger partial charge in [0.2, 0.25) is 0 Å². The number of nitrogen functional groups attached to an aromatic ring is 1. The number of nitrogens with two attached hydrogens (primary N) is 1. The molecule has 0 bridgehead atoms. The average Bonchev–Trinajstić information content (AvgIpc) is 2.45. The van der Waals surface area contributed by atoms with E-state index in [1.165, 1.54) is 12.3 Å². The summed E-state index contributed by atoms with van der Waals surface area (Å²) in [6.07, 6.45) is -0.923. The van der Waals surface area contributed by atoms with E-state index in [2.05, 4.69) is 26.3 Å². The van der Waals surface area contributed by atoms with Gasteiger partial charge in [-0.2, -0.15) is 4.98 Å². The predicted octanol–water partition coefficient (Wildman–Crippen LogP) is -0.357. The number of azide groups is 1. The Labute approximate surface area is 117 Å². The first-order chi connectivity index (χ1) is 9.84. The fraction of sp³-hybridized carbons (Fsp3) is 0.400. The molecule has 0 amide bonds. The lowest BCUT2D eigenvalue weighted by molar-refractivity contribution is -0.234. The van der Waals surface area contributed by atoms with E-state index < -0.39 is 36.7 Å². The zero-order chi connectivity index (χ0) is 16.0. The molecule has 11 heteroatoms. The van der Waals surface area contributed by atoms with Crippen LogP contribution in [-0.4, -0.2) is 38.3 Å². The number of hydrogen-bond acceptors (Lipinski definition) is 7. The summed E-state index contributed by atoms with van der Waals surface area (Å²) in [5.74, 6) is -3.03. The normalized spacial score (nSPS) is 14.8. The molecule has 114 valence electrons. The minimum atomic E-state index is -3.01. The second-order valence-corrected chi connectivity index (χ2v) is 3.91. The summed E-state index contributed by atoms with van der Waals surface area (Å²) in [7, 11) is 0. The number of alkyl halides is 1. The van der Waals surface area contributed by atoms with Gasteiger partial charge >= 0.3 is 5.69 Å². The number of halogens is 1. The monoisotopic (exact) mass is 300 g/mol. The second kappa shape index (κ2) is 6.81. The molecule has 1 rings (SSSR count). The van der Waals surface area contributed by atoms with E-state index in [1.807, 2.05) is 0 Å². The standard InChI is InChI=1S/C10H13FN6O4/c1-6(15-16-13)8(19)10(11,4-18)21-5-17-3-2-7(12)14-9(17)20/h2-3,8,18-19H,1,4-5H2,(H2,12,14,20)/t8-,10+/m0/s1. The highest BCUT2D eigenvalue weighted by Gasteiger charge is 2.40. The zero-order valence-electron chi connectivity index (χ0n) is 10.8. The molecule has 1 aromatic rings. The lowest BCUT2D eigenvalue weighted by Gasteiger charge is -2.28. The van der Waals surface area contributed by atoms with Gasteiger partial charge in [0.15, 0.2) is 0 Å². The number of aliphatic hydroxyl groups is 2.